The Morgan fingerprint density at radius 3 is 2.53 bits per heavy atom. The van der Waals surface area contributed by atoms with Crippen molar-refractivity contribution >= 4 is 5.91 Å². The molecule has 1 aromatic rings. The van der Waals surface area contributed by atoms with Gasteiger partial charge in [-0.05, 0) is 25.0 Å². The summed E-state index contributed by atoms with van der Waals surface area (Å²) in [5.74, 6) is -0.403. The average Bonchev–Trinajstić information content (AvgIpc) is 2.37. The van der Waals surface area contributed by atoms with E-state index in [1.54, 1.807) is 4.90 Å². The van der Waals surface area contributed by atoms with E-state index in [1.165, 1.54) is 18.2 Å². The number of amides is 1. The number of carbonyl (C=O) groups is 1. The molecule has 0 bridgehead atoms. The first-order chi connectivity index (χ1) is 9.01. The van der Waals surface area contributed by atoms with Gasteiger partial charge < -0.3 is 20.2 Å². The SMILES string of the molecule is CCC1CN(C(=O)c2cc(O)cc(O)c2)CCC1O. The van der Waals surface area contributed by atoms with Crippen LogP contribution in [0.15, 0.2) is 18.2 Å². The summed E-state index contributed by atoms with van der Waals surface area (Å²) in [7, 11) is 0. The number of phenolic OH excluding ortho intramolecular Hbond substituents is 2. The minimum Gasteiger partial charge on any atom is -0.508 e. The van der Waals surface area contributed by atoms with Crippen molar-refractivity contribution in [2.75, 3.05) is 13.1 Å². The summed E-state index contributed by atoms with van der Waals surface area (Å²) in [5, 5.41) is 28.6. The Hall–Kier alpha value is -1.75. The van der Waals surface area contributed by atoms with Crippen LogP contribution in [0.25, 0.3) is 0 Å². The Bertz CT molecular complexity index is 454. The second-order valence-corrected chi connectivity index (χ2v) is 5.01. The van der Waals surface area contributed by atoms with Gasteiger partial charge in [0.15, 0.2) is 0 Å². The van der Waals surface area contributed by atoms with Crippen LogP contribution in [0.3, 0.4) is 0 Å². The number of hydrogen-bond donors (Lipinski definition) is 3. The topological polar surface area (TPSA) is 81.0 Å². The number of benzene rings is 1. The second-order valence-electron chi connectivity index (χ2n) is 5.01. The van der Waals surface area contributed by atoms with Crippen molar-refractivity contribution in [3.8, 4) is 11.5 Å². The van der Waals surface area contributed by atoms with E-state index >= 15 is 0 Å². The fourth-order valence-electron chi connectivity index (χ4n) is 2.51. The number of phenols is 2. The maximum Gasteiger partial charge on any atom is 0.254 e. The van der Waals surface area contributed by atoms with Crippen molar-refractivity contribution in [3.63, 3.8) is 0 Å². The molecule has 5 heteroatoms. The molecule has 5 nitrogen and oxygen atoms in total. The maximum atomic E-state index is 12.3. The first-order valence-electron chi connectivity index (χ1n) is 6.51. The lowest BCUT2D eigenvalue weighted by atomic mass is 9.92. The molecule has 0 aliphatic carbocycles. The molecule has 1 aliphatic heterocycles. The molecule has 0 aromatic heterocycles. The molecule has 0 radical (unpaired) electrons. The van der Waals surface area contributed by atoms with E-state index in [-0.39, 0.29) is 35.0 Å². The van der Waals surface area contributed by atoms with Gasteiger partial charge in [-0.15, -0.1) is 0 Å². The van der Waals surface area contributed by atoms with Gasteiger partial charge in [-0.1, -0.05) is 6.92 Å². The highest BCUT2D eigenvalue weighted by Crippen LogP contribution is 2.25. The lowest BCUT2D eigenvalue weighted by molar-refractivity contribution is 0.0228. The summed E-state index contributed by atoms with van der Waals surface area (Å²) in [6.45, 7) is 2.99. The third-order valence-corrected chi connectivity index (χ3v) is 3.65. The maximum absolute atomic E-state index is 12.3. The fraction of sp³-hybridized carbons (Fsp3) is 0.500. The predicted octanol–water partition coefficient (Wildman–Crippen LogP) is 1.33. The van der Waals surface area contributed by atoms with Gasteiger partial charge in [0.2, 0.25) is 0 Å². The highest BCUT2D eigenvalue weighted by Gasteiger charge is 2.29. The van der Waals surface area contributed by atoms with Gasteiger partial charge in [0.1, 0.15) is 11.5 Å². The number of likely N-dealkylation sites (tertiary alicyclic amines) is 1. The second kappa shape index (κ2) is 5.48. The van der Waals surface area contributed by atoms with Gasteiger partial charge >= 0.3 is 0 Å². The molecule has 1 saturated heterocycles. The number of aromatic hydroxyl groups is 2. The van der Waals surface area contributed by atoms with Gasteiger partial charge in [-0.2, -0.15) is 0 Å². The van der Waals surface area contributed by atoms with Crippen LogP contribution in [0, 0.1) is 5.92 Å². The summed E-state index contributed by atoms with van der Waals surface area (Å²) >= 11 is 0. The molecule has 1 heterocycles. The van der Waals surface area contributed by atoms with E-state index in [1.807, 2.05) is 6.92 Å². The highest BCUT2D eigenvalue weighted by molar-refractivity contribution is 5.95. The van der Waals surface area contributed by atoms with Crippen LogP contribution in [0.1, 0.15) is 30.1 Å². The summed E-state index contributed by atoms with van der Waals surface area (Å²) in [6.07, 6.45) is 1.03. The molecule has 0 spiro atoms. The highest BCUT2D eigenvalue weighted by atomic mass is 16.3. The molecule has 1 fully saturated rings. The van der Waals surface area contributed by atoms with Crippen molar-refractivity contribution in [1.82, 2.24) is 4.90 Å². The number of carbonyl (C=O) groups excluding carboxylic acids is 1. The number of piperidine rings is 1. The Labute approximate surface area is 112 Å². The number of nitrogens with zero attached hydrogens (tertiary/aromatic N) is 1. The summed E-state index contributed by atoms with van der Waals surface area (Å²) < 4.78 is 0. The molecule has 1 aromatic carbocycles. The van der Waals surface area contributed by atoms with Crippen LogP contribution in [-0.2, 0) is 0 Å². The van der Waals surface area contributed by atoms with Crippen LogP contribution in [-0.4, -0.2) is 45.3 Å². The van der Waals surface area contributed by atoms with Crippen LogP contribution in [0.5, 0.6) is 11.5 Å². The normalized spacial score (nSPS) is 23.4. The van der Waals surface area contributed by atoms with Gasteiger partial charge in [-0.25, -0.2) is 0 Å². The molecule has 2 unspecified atom stereocenters. The molecular formula is C14H19NO4. The third-order valence-electron chi connectivity index (χ3n) is 3.65. The summed E-state index contributed by atoms with van der Waals surface area (Å²) in [4.78, 5) is 14.0. The molecule has 0 saturated carbocycles. The van der Waals surface area contributed by atoms with Crippen molar-refractivity contribution in [1.29, 1.82) is 0 Å². The standard InChI is InChI=1S/C14H19NO4/c1-2-9-8-15(4-3-13(9)18)14(19)10-5-11(16)7-12(17)6-10/h5-7,9,13,16-18H,2-4,8H2,1H3. The summed E-state index contributed by atoms with van der Waals surface area (Å²) in [6, 6.07) is 3.87. The first kappa shape index (κ1) is 13.7. The zero-order chi connectivity index (χ0) is 14.0. The zero-order valence-corrected chi connectivity index (χ0v) is 10.9. The number of aliphatic hydroxyl groups is 1. The Kier molecular flexibility index (Phi) is 3.95. The van der Waals surface area contributed by atoms with Gasteiger partial charge in [0.05, 0.1) is 6.10 Å². The van der Waals surface area contributed by atoms with Crippen LogP contribution >= 0.6 is 0 Å². The average molecular weight is 265 g/mol. The Morgan fingerprint density at radius 1 is 1.32 bits per heavy atom. The summed E-state index contributed by atoms with van der Waals surface area (Å²) in [5.41, 5.74) is 0.267. The number of hydrogen-bond acceptors (Lipinski definition) is 4. The van der Waals surface area contributed by atoms with Crippen molar-refractivity contribution in [2.24, 2.45) is 5.92 Å². The molecule has 104 valence electrons. The lowest BCUT2D eigenvalue weighted by Gasteiger charge is -2.35. The third kappa shape index (κ3) is 2.98. The van der Waals surface area contributed by atoms with E-state index < -0.39 is 0 Å². The van der Waals surface area contributed by atoms with Crippen LogP contribution in [0.4, 0.5) is 0 Å². The molecule has 2 atom stereocenters. The van der Waals surface area contributed by atoms with Crippen LogP contribution < -0.4 is 0 Å². The quantitative estimate of drug-likeness (QED) is 0.753. The Morgan fingerprint density at radius 2 is 1.95 bits per heavy atom. The lowest BCUT2D eigenvalue weighted by Crippen LogP contribution is -2.45. The minimum absolute atomic E-state index is 0.0867. The van der Waals surface area contributed by atoms with Crippen molar-refractivity contribution < 1.29 is 20.1 Å². The molecule has 1 amide bonds. The monoisotopic (exact) mass is 265 g/mol. The smallest absolute Gasteiger partial charge is 0.254 e. The van der Waals surface area contributed by atoms with E-state index in [9.17, 15) is 20.1 Å². The van der Waals surface area contributed by atoms with Gasteiger partial charge in [-0.3, -0.25) is 4.79 Å². The van der Waals surface area contributed by atoms with E-state index in [0.29, 0.717) is 19.5 Å². The van der Waals surface area contributed by atoms with Gasteiger partial charge in [0.25, 0.3) is 5.91 Å². The van der Waals surface area contributed by atoms with E-state index in [0.717, 1.165) is 6.42 Å². The molecule has 3 N–H and O–H groups in total. The zero-order valence-electron chi connectivity index (χ0n) is 10.9. The Balaban J connectivity index is 2.15. The van der Waals surface area contributed by atoms with E-state index in [2.05, 4.69) is 0 Å². The van der Waals surface area contributed by atoms with Crippen molar-refractivity contribution in [3.05, 3.63) is 23.8 Å². The fourth-order valence-corrected chi connectivity index (χ4v) is 2.51. The van der Waals surface area contributed by atoms with Gasteiger partial charge in [0, 0.05) is 30.6 Å². The largest absolute Gasteiger partial charge is 0.508 e. The van der Waals surface area contributed by atoms with E-state index in [4.69, 9.17) is 0 Å². The van der Waals surface area contributed by atoms with Crippen LogP contribution in [0.2, 0.25) is 0 Å². The number of rotatable bonds is 2. The first-order valence-corrected chi connectivity index (χ1v) is 6.51. The number of aliphatic hydroxyl groups excluding tert-OH is 1. The molecular weight excluding hydrogens is 246 g/mol. The molecule has 2 rings (SSSR count). The predicted molar refractivity (Wildman–Crippen MR) is 70.1 cm³/mol. The van der Waals surface area contributed by atoms with Crippen molar-refractivity contribution in [2.45, 2.75) is 25.9 Å². The minimum atomic E-state index is -0.355. The molecule has 19 heavy (non-hydrogen) atoms. The molecule has 1 aliphatic rings.